The molecule has 0 amide bonds. The Bertz CT molecular complexity index is 306. The predicted molar refractivity (Wildman–Crippen MR) is 98.8 cm³/mol. The summed E-state index contributed by atoms with van der Waals surface area (Å²) in [5.41, 5.74) is 0.651. The van der Waals surface area contributed by atoms with E-state index in [1.165, 1.54) is 12.8 Å². The average Bonchev–Trinajstić information content (AvgIpc) is 2.93. The molecule has 0 N–H and O–H groups in total. The molecule has 1 heterocycles. The molecular weight excluding hydrogens is 274 g/mol. The normalized spacial score (nSPS) is 17.3. The zero-order valence-corrected chi connectivity index (χ0v) is 14.3. The van der Waals surface area contributed by atoms with Gasteiger partial charge in [0.1, 0.15) is 6.61 Å². The third-order valence-electron chi connectivity index (χ3n) is 2.92. The zero-order valence-electron chi connectivity index (χ0n) is 14.3. The van der Waals surface area contributed by atoms with Crippen LogP contribution in [0.25, 0.3) is 0 Å². The molecule has 0 radical (unpaired) electrons. The van der Waals surface area contributed by atoms with E-state index in [0.29, 0.717) is 10.8 Å². The maximum Gasteiger partial charge on any atom is 0.183 e. The van der Waals surface area contributed by atoms with Crippen molar-refractivity contribution in [3.63, 3.8) is 0 Å². The van der Waals surface area contributed by atoms with Crippen molar-refractivity contribution in [2.45, 2.75) is 75.7 Å². The van der Waals surface area contributed by atoms with Gasteiger partial charge in [0, 0.05) is 13.0 Å². The highest BCUT2D eigenvalue weighted by molar-refractivity contribution is 5.77. The molecule has 0 atom stereocenters. The number of ether oxygens (including phenoxy) is 2. The molecular formula is C19H41NO2. The second kappa shape index (κ2) is 10.3. The van der Waals surface area contributed by atoms with Crippen molar-refractivity contribution in [3.05, 3.63) is 0 Å². The van der Waals surface area contributed by atoms with E-state index in [9.17, 15) is 0 Å². The molecule has 1 aliphatic heterocycles. The van der Waals surface area contributed by atoms with Gasteiger partial charge in [0.05, 0.1) is 13.2 Å². The highest BCUT2D eigenvalue weighted by atomic mass is 16.5. The van der Waals surface area contributed by atoms with E-state index in [1.54, 1.807) is 0 Å². The van der Waals surface area contributed by atoms with E-state index in [0.717, 1.165) is 44.6 Å². The lowest BCUT2D eigenvalue weighted by Crippen LogP contribution is -2.15. The quantitative estimate of drug-likeness (QED) is 0.677. The predicted octanol–water partition coefficient (Wildman–Crippen LogP) is 5.58. The Balaban J connectivity index is 0. The summed E-state index contributed by atoms with van der Waals surface area (Å²) in [5, 5.41) is 0. The molecule has 0 unspecified atom stereocenters. The Morgan fingerprint density at radius 2 is 1.64 bits per heavy atom. The van der Waals surface area contributed by atoms with Crippen LogP contribution in [0.5, 0.6) is 0 Å². The Hall–Kier alpha value is -0.570. The topological polar surface area (TPSA) is 30.8 Å². The molecule has 1 saturated carbocycles. The van der Waals surface area contributed by atoms with Crippen LogP contribution in [0.1, 0.15) is 75.7 Å². The van der Waals surface area contributed by atoms with E-state index < -0.39 is 0 Å². The second-order valence-corrected chi connectivity index (χ2v) is 8.38. The van der Waals surface area contributed by atoms with Gasteiger partial charge >= 0.3 is 0 Å². The van der Waals surface area contributed by atoms with Gasteiger partial charge in [0.2, 0.25) is 0 Å². The van der Waals surface area contributed by atoms with E-state index in [1.807, 2.05) is 0 Å². The molecule has 1 fully saturated rings. The summed E-state index contributed by atoms with van der Waals surface area (Å²) in [6, 6.07) is 0. The molecule has 3 nitrogen and oxygen atoms in total. The van der Waals surface area contributed by atoms with Crippen LogP contribution in [-0.2, 0) is 9.47 Å². The number of hydrogen-bond donors (Lipinski definition) is 0. The van der Waals surface area contributed by atoms with Gasteiger partial charge in [-0.15, -0.1) is 0 Å². The number of aliphatic imine (C=N–C) groups is 1. The van der Waals surface area contributed by atoms with Crippen LogP contribution < -0.4 is 0 Å². The molecule has 0 saturated heterocycles. The van der Waals surface area contributed by atoms with E-state index >= 15 is 0 Å². The van der Waals surface area contributed by atoms with Gasteiger partial charge < -0.3 is 9.47 Å². The maximum atomic E-state index is 5.52. The van der Waals surface area contributed by atoms with Crippen LogP contribution >= 0.6 is 0 Å². The van der Waals surface area contributed by atoms with Gasteiger partial charge in [0.25, 0.3) is 0 Å². The van der Waals surface area contributed by atoms with E-state index in [2.05, 4.69) is 46.5 Å². The van der Waals surface area contributed by atoms with Crippen molar-refractivity contribution < 1.29 is 9.47 Å². The van der Waals surface area contributed by atoms with Crippen molar-refractivity contribution >= 4 is 5.90 Å². The summed E-state index contributed by atoms with van der Waals surface area (Å²) in [6.07, 6.45) is 3.75. The van der Waals surface area contributed by atoms with Gasteiger partial charge in [0.15, 0.2) is 5.90 Å². The van der Waals surface area contributed by atoms with Gasteiger partial charge in [-0.05, 0) is 29.6 Å². The standard InChI is InChI=1S/C9H18O.C8H15NO.2CH4/c1-9(2,3)7-10-6-8-4-5-8;1-8(2,3)6-7-9-4-5-10-7;;/h8H,4-7H2,1-3H3;4-6H2,1-3H3;2*1H4. The molecule has 0 spiro atoms. The summed E-state index contributed by atoms with van der Waals surface area (Å²) in [6.45, 7) is 16.7. The number of nitrogens with zero attached hydrogens (tertiary/aromatic N) is 1. The molecule has 22 heavy (non-hydrogen) atoms. The monoisotopic (exact) mass is 315 g/mol. The third kappa shape index (κ3) is 14.4. The highest BCUT2D eigenvalue weighted by Crippen LogP contribution is 2.29. The van der Waals surface area contributed by atoms with Crippen molar-refractivity contribution in [1.29, 1.82) is 0 Å². The lowest BCUT2D eigenvalue weighted by molar-refractivity contribution is 0.0644. The van der Waals surface area contributed by atoms with Crippen molar-refractivity contribution in [2.24, 2.45) is 21.7 Å². The van der Waals surface area contributed by atoms with Gasteiger partial charge in [-0.1, -0.05) is 56.4 Å². The number of rotatable bonds is 4. The van der Waals surface area contributed by atoms with Crippen LogP contribution in [0, 0.1) is 16.7 Å². The first-order valence-electron chi connectivity index (χ1n) is 7.90. The molecule has 1 aliphatic carbocycles. The summed E-state index contributed by atoms with van der Waals surface area (Å²) in [4.78, 5) is 4.22. The second-order valence-electron chi connectivity index (χ2n) is 8.38. The largest absolute Gasteiger partial charge is 0.479 e. The average molecular weight is 316 g/mol. The molecule has 0 aromatic carbocycles. The SMILES string of the molecule is C.C.CC(C)(C)CC1=NCCO1.CC(C)(C)COCC1CC1. The maximum absolute atomic E-state index is 5.52. The van der Waals surface area contributed by atoms with Crippen LogP contribution in [0.2, 0.25) is 0 Å². The highest BCUT2D eigenvalue weighted by Gasteiger charge is 2.22. The van der Waals surface area contributed by atoms with Crippen molar-refractivity contribution in [1.82, 2.24) is 0 Å². The molecule has 2 aliphatic rings. The first-order valence-corrected chi connectivity index (χ1v) is 7.90. The fraction of sp³-hybridized carbons (Fsp3) is 0.947. The Kier molecular flexibility index (Phi) is 11.0. The van der Waals surface area contributed by atoms with Gasteiger partial charge in [-0.3, -0.25) is 4.99 Å². The Morgan fingerprint density at radius 1 is 1.05 bits per heavy atom. The lowest BCUT2D eigenvalue weighted by atomic mass is 9.92. The minimum absolute atomic E-state index is 0. The van der Waals surface area contributed by atoms with Crippen LogP contribution in [0.3, 0.4) is 0 Å². The summed E-state index contributed by atoms with van der Waals surface area (Å²) >= 11 is 0. The zero-order chi connectivity index (χ0) is 15.2. The molecule has 134 valence electrons. The Labute approximate surface area is 139 Å². The fourth-order valence-corrected chi connectivity index (χ4v) is 1.76. The summed E-state index contributed by atoms with van der Waals surface area (Å²) in [5.74, 6) is 1.84. The fourth-order valence-electron chi connectivity index (χ4n) is 1.76. The molecule has 3 heteroatoms. The minimum atomic E-state index is 0. The van der Waals surface area contributed by atoms with Crippen LogP contribution in [-0.4, -0.2) is 32.3 Å². The third-order valence-corrected chi connectivity index (χ3v) is 2.92. The summed E-state index contributed by atoms with van der Waals surface area (Å²) in [7, 11) is 0. The lowest BCUT2D eigenvalue weighted by Gasteiger charge is -2.17. The molecule has 2 rings (SSSR count). The summed E-state index contributed by atoms with van der Waals surface area (Å²) < 4.78 is 10.8. The smallest absolute Gasteiger partial charge is 0.183 e. The minimum Gasteiger partial charge on any atom is -0.479 e. The molecule has 0 aromatic rings. The van der Waals surface area contributed by atoms with E-state index in [-0.39, 0.29) is 14.9 Å². The first-order chi connectivity index (χ1) is 9.16. The van der Waals surface area contributed by atoms with Crippen molar-refractivity contribution in [3.8, 4) is 0 Å². The number of hydrogen-bond acceptors (Lipinski definition) is 3. The molecule has 0 bridgehead atoms. The van der Waals surface area contributed by atoms with E-state index in [4.69, 9.17) is 9.47 Å². The van der Waals surface area contributed by atoms with Crippen LogP contribution in [0.15, 0.2) is 4.99 Å². The van der Waals surface area contributed by atoms with Crippen molar-refractivity contribution in [2.75, 3.05) is 26.4 Å². The molecule has 0 aromatic heterocycles. The van der Waals surface area contributed by atoms with Gasteiger partial charge in [-0.25, -0.2) is 0 Å². The van der Waals surface area contributed by atoms with Gasteiger partial charge in [-0.2, -0.15) is 0 Å². The Morgan fingerprint density at radius 3 is 2.00 bits per heavy atom. The van der Waals surface area contributed by atoms with Crippen LogP contribution in [0.4, 0.5) is 0 Å². The first kappa shape index (κ1) is 23.7.